The molecule has 7 nitrogen and oxygen atoms in total. The molecule has 0 bridgehead atoms. The second kappa shape index (κ2) is 4.84. The number of nitrogens with one attached hydrogen (secondary N) is 1. The van der Waals surface area contributed by atoms with Crippen molar-refractivity contribution in [3.8, 4) is 0 Å². The molecule has 2 aromatic heterocycles. The van der Waals surface area contributed by atoms with Crippen molar-refractivity contribution in [2.45, 2.75) is 16.4 Å². The molecular weight excluding hydrogens is 287 g/mol. The fourth-order valence-corrected chi connectivity index (χ4v) is 1.88. The van der Waals surface area contributed by atoms with Crippen molar-refractivity contribution < 1.29 is 18.1 Å². The molecule has 0 saturated heterocycles. The van der Waals surface area contributed by atoms with Gasteiger partial charge in [0.05, 0.1) is 4.92 Å². The summed E-state index contributed by atoms with van der Waals surface area (Å²) in [5.41, 5.74) is -1.47. The Morgan fingerprint density at radius 2 is 2.16 bits per heavy atom. The van der Waals surface area contributed by atoms with Crippen LogP contribution in [0, 0.1) is 10.1 Å². The van der Waals surface area contributed by atoms with Crippen LogP contribution in [0.2, 0.25) is 0 Å². The van der Waals surface area contributed by atoms with E-state index >= 15 is 0 Å². The van der Waals surface area contributed by atoms with E-state index < -0.39 is 16.8 Å². The average molecular weight is 291 g/mol. The molecule has 2 aromatic rings. The zero-order valence-electron chi connectivity index (χ0n) is 8.88. The van der Waals surface area contributed by atoms with Crippen LogP contribution in [0.25, 0.3) is 0 Å². The van der Waals surface area contributed by atoms with Gasteiger partial charge in [-0.15, -0.1) is 0 Å². The molecule has 0 aromatic carbocycles. The molecule has 1 N–H and O–H groups in total. The second-order valence-electron chi connectivity index (χ2n) is 3.17. The van der Waals surface area contributed by atoms with Crippen LogP contribution < -0.4 is 0 Å². The fourth-order valence-electron chi connectivity index (χ4n) is 1.11. The van der Waals surface area contributed by atoms with Gasteiger partial charge in [-0.25, -0.2) is 9.97 Å². The van der Waals surface area contributed by atoms with E-state index in [1.54, 1.807) is 0 Å². The molecule has 0 spiro atoms. The molecule has 0 saturated carbocycles. The molecule has 0 radical (unpaired) electrons. The smallest absolute Gasteiger partial charge is 0.265 e. The summed E-state index contributed by atoms with van der Waals surface area (Å²) in [7, 11) is 0. The molecule has 0 aliphatic heterocycles. The summed E-state index contributed by atoms with van der Waals surface area (Å²) < 4.78 is 37.3. The highest BCUT2D eigenvalue weighted by atomic mass is 32.2. The largest absolute Gasteiger partial charge is 0.433 e. The highest BCUT2D eigenvalue weighted by Gasteiger charge is 2.33. The number of H-pyrrole nitrogens is 1. The van der Waals surface area contributed by atoms with Gasteiger partial charge in [-0.05, 0) is 17.8 Å². The van der Waals surface area contributed by atoms with Crippen molar-refractivity contribution in [2.24, 2.45) is 0 Å². The van der Waals surface area contributed by atoms with E-state index in [2.05, 4.69) is 20.2 Å². The van der Waals surface area contributed by atoms with E-state index in [0.29, 0.717) is 17.8 Å². The first-order valence-electron chi connectivity index (χ1n) is 4.64. The minimum Gasteiger partial charge on any atom is -0.265 e. The Morgan fingerprint density at radius 3 is 2.79 bits per heavy atom. The third-order valence-electron chi connectivity index (χ3n) is 1.90. The van der Waals surface area contributed by atoms with Gasteiger partial charge in [0.2, 0.25) is 0 Å². The lowest BCUT2D eigenvalue weighted by molar-refractivity contribution is -0.387. The molecule has 11 heteroatoms. The van der Waals surface area contributed by atoms with Crippen LogP contribution >= 0.6 is 11.8 Å². The van der Waals surface area contributed by atoms with Crippen LogP contribution in [0.1, 0.15) is 5.69 Å². The summed E-state index contributed by atoms with van der Waals surface area (Å²) in [6, 6.07) is 0.714. The quantitative estimate of drug-likeness (QED) is 0.529. The van der Waals surface area contributed by atoms with Crippen molar-refractivity contribution >= 4 is 17.4 Å². The van der Waals surface area contributed by atoms with E-state index in [-0.39, 0.29) is 15.9 Å². The maximum atomic E-state index is 12.4. The molecule has 19 heavy (non-hydrogen) atoms. The number of alkyl halides is 3. The van der Waals surface area contributed by atoms with E-state index in [9.17, 15) is 23.3 Å². The zero-order valence-corrected chi connectivity index (χ0v) is 9.70. The van der Waals surface area contributed by atoms with Gasteiger partial charge in [0, 0.05) is 6.20 Å². The molecule has 2 rings (SSSR count). The van der Waals surface area contributed by atoms with Crippen molar-refractivity contribution in [2.75, 3.05) is 0 Å². The third-order valence-corrected chi connectivity index (χ3v) is 2.78. The van der Waals surface area contributed by atoms with Crippen molar-refractivity contribution in [3.05, 3.63) is 34.3 Å². The Bertz CT molecular complexity index is 614. The minimum atomic E-state index is -4.60. The molecule has 0 amide bonds. The van der Waals surface area contributed by atoms with Crippen LogP contribution in [0.5, 0.6) is 0 Å². The Balaban J connectivity index is 2.29. The highest BCUT2D eigenvalue weighted by molar-refractivity contribution is 7.99. The van der Waals surface area contributed by atoms with Crippen LogP contribution in [0.15, 0.2) is 28.6 Å². The number of halogens is 3. The van der Waals surface area contributed by atoms with Crippen molar-refractivity contribution in [3.63, 3.8) is 0 Å². The predicted molar refractivity (Wildman–Crippen MR) is 56.4 cm³/mol. The average Bonchev–Trinajstić information content (AvgIpc) is 2.76. The molecule has 0 atom stereocenters. The first kappa shape index (κ1) is 13.3. The first-order chi connectivity index (χ1) is 8.88. The van der Waals surface area contributed by atoms with Crippen molar-refractivity contribution in [1.82, 2.24) is 20.2 Å². The molecule has 0 aliphatic rings. The molecule has 0 fully saturated rings. The molecule has 0 aliphatic carbocycles. The van der Waals surface area contributed by atoms with Crippen LogP contribution in [0.4, 0.5) is 18.9 Å². The Kier molecular flexibility index (Phi) is 3.38. The lowest BCUT2D eigenvalue weighted by atomic mass is 10.4. The number of rotatable bonds is 3. The normalized spacial score (nSPS) is 11.5. The molecule has 2 heterocycles. The number of aromatic nitrogens is 4. The number of nitro groups is 1. The summed E-state index contributed by atoms with van der Waals surface area (Å²) in [4.78, 5) is 16.8. The van der Waals surface area contributed by atoms with Gasteiger partial charge in [0.15, 0.2) is 10.2 Å². The molecule has 100 valence electrons. The van der Waals surface area contributed by atoms with Gasteiger partial charge in [-0.3, -0.25) is 15.2 Å². The van der Waals surface area contributed by atoms with Gasteiger partial charge in [-0.1, -0.05) is 0 Å². The van der Waals surface area contributed by atoms with E-state index in [4.69, 9.17) is 0 Å². The van der Waals surface area contributed by atoms with Gasteiger partial charge in [0.25, 0.3) is 0 Å². The predicted octanol–water partition coefficient (Wildman–Crippen LogP) is 2.28. The second-order valence-corrected chi connectivity index (χ2v) is 4.14. The van der Waals surface area contributed by atoms with Gasteiger partial charge in [0.1, 0.15) is 11.9 Å². The van der Waals surface area contributed by atoms with Crippen LogP contribution in [-0.4, -0.2) is 25.1 Å². The van der Waals surface area contributed by atoms with Crippen molar-refractivity contribution in [1.29, 1.82) is 0 Å². The maximum Gasteiger partial charge on any atom is 0.433 e. The first-order valence-corrected chi connectivity index (χ1v) is 5.45. The summed E-state index contributed by atoms with van der Waals surface area (Å²) in [6.45, 7) is 0. The lowest BCUT2D eigenvalue weighted by Gasteiger charge is -2.05. The van der Waals surface area contributed by atoms with E-state index in [0.717, 1.165) is 12.4 Å². The summed E-state index contributed by atoms with van der Waals surface area (Å²) in [5, 5.41) is 16.1. The standard InChI is InChI=1S/C8H4F3N5O2S/c9-8(10,11)5-1-2-12-7(14-5)19-6-4(16(17)18)3-13-15-6/h1-3H,(H,13,15). The highest BCUT2D eigenvalue weighted by Crippen LogP contribution is 2.33. The SMILES string of the molecule is O=[N+]([O-])c1cn[nH]c1Sc1nccc(C(F)(F)F)n1. The Morgan fingerprint density at radius 1 is 1.42 bits per heavy atom. The zero-order chi connectivity index (χ0) is 14.0. The third kappa shape index (κ3) is 2.99. The molecular formula is C8H4F3N5O2S. The van der Waals surface area contributed by atoms with Gasteiger partial charge >= 0.3 is 11.9 Å². The number of hydrogen-bond acceptors (Lipinski definition) is 6. The Labute approximate surface area is 107 Å². The number of aromatic amines is 1. The van der Waals surface area contributed by atoms with E-state index in [1.165, 1.54) is 0 Å². The number of nitrogens with zero attached hydrogens (tertiary/aromatic N) is 4. The fraction of sp³-hybridized carbons (Fsp3) is 0.125. The van der Waals surface area contributed by atoms with E-state index in [1.807, 2.05) is 0 Å². The van der Waals surface area contributed by atoms with Gasteiger partial charge in [-0.2, -0.15) is 18.3 Å². The summed E-state index contributed by atoms with van der Waals surface area (Å²) >= 11 is 0.598. The minimum absolute atomic E-state index is 0.0377. The Hall–Kier alpha value is -2.17. The monoisotopic (exact) mass is 291 g/mol. The lowest BCUT2D eigenvalue weighted by Crippen LogP contribution is -2.08. The topological polar surface area (TPSA) is 97.6 Å². The van der Waals surface area contributed by atoms with Crippen LogP contribution in [-0.2, 0) is 6.18 Å². The van der Waals surface area contributed by atoms with Gasteiger partial charge < -0.3 is 0 Å². The summed E-state index contributed by atoms with van der Waals surface area (Å²) in [5.74, 6) is 0. The number of hydrogen-bond donors (Lipinski definition) is 1. The summed E-state index contributed by atoms with van der Waals surface area (Å²) in [6.07, 6.45) is -2.71. The molecule has 0 unspecified atom stereocenters. The maximum absolute atomic E-state index is 12.4. The van der Waals surface area contributed by atoms with Crippen LogP contribution in [0.3, 0.4) is 0 Å².